The Labute approximate surface area is 86.2 Å². The van der Waals surface area contributed by atoms with Gasteiger partial charge in [-0.2, -0.15) is 0 Å². The first-order chi connectivity index (χ1) is 6.47. The van der Waals surface area contributed by atoms with E-state index in [1.807, 2.05) is 13.0 Å². The lowest BCUT2D eigenvalue weighted by Gasteiger charge is -1.96. The van der Waals surface area contributed by atoms with E-state index >= 15 is 0 Å². The third-order valence-corrected chi connectivity index (χ3v) is 3.88. The van der Waals surface area contributed by atoms with Crippen LogP contribution in [0.1, 0.15) is 4.88 Å². The van der Waals surface area contributed by atoms with E-state index in [1.54, 1.807) is 23.5 Å². The maximum Gasteiger partial charge on any atom is 0.238 e. The van der Waals surface area contributed by atoms with Crippen molar-refractivity contribution in [1.82, 2.24) is 0 Å². The van der Waals surface area contributed by atoms with Crippen LogP contribution in [0.4, 0.5) is 0 Å². The van der Waals surface area contributed by atoms with Crippen LogP contribution in [0.15, 0.2) is 29.2 Å². The molecule has 0 spiro atoms. The summed E-state index contributed by atoms with van der Waals surface area (Å²) in [6.07, 6.45) is 0. The summed E-state index contributed by atoms with van der Waals surface area (Å²) in [4.78, 5) is 1.33. The highest BCUT2D eigenvalue weighted by Crippen LogP contribution is 2.26. The van der Waals surface area contributed by atoms with E-state index in [0.717, 1.165) is 15.0 Å². The first-order valence-corrected chi connectivity index (χ1v) is 6.36. The first-order valence-electron chi connectivity index (χ1n) is 4.00. The lowest BCUT2D eigenvalue weighted by atomic mass is 10.2. The van der Waals surface area contributed by atoms with Crippen LogP contribution in [0.3, 0.4) is 0 Å². The molecule has 1 aromatic carbocycles. The predicted octanol–water partition coefficient (Wildman–Crippen LogP) is 1.86. The minimum absolute atomic E-state index is 0.169. The molecule has 0 atom stereocenters. The summed E-state index contributed by atoms with van der Waals surface area (Å²) in [5.74, 6) is 0. The lowest BCUT2D eigenvalue weighted by molar-refractivity contribution is 0.598. The molecular formula is C9H9NO2S2. The molecule has 2 rings (SSSR count). The molecular weight excluding hydrogens is 218 g/mol. The highest BCUT2D eigenvalue weighted by Gasteiger charge is 2.08. The molecule has 0 aliphatic rings. The molecule has 0 bridgehead atoms. The smallest absolute Gasteiger partial charge is 0.225 e. The predicted molar refractivity (Wildman–Crippen MR) is 57.9 cm³/mol. The van der Waals surface area contributed by atoms with Crippen LogP contribution in [-0.4, -0.2) is 8.42 Å². The van der Waals surface area contributed by atoms with E-state index in [-0.39, 0.29) is 4.90 Å². The molecule has 0 aliphatic heterocycles. The number of hydrogen-bond donors (Lipinski definition) is 1. The van der Waals surface area contributed by atoms with Crippen molar-refractivity contribution in [3.05, 3.63) is 29.1 Å². The third-order valence-electron chi connectivity index (χ3n) is 1.94. The van der Waals surface area contributed by atoms with Gasteiger partial charge in [-0.25, -0.2) is 13.6 Å². The van der Waals surface area contributed by atoms with Gasteiger partial charge >= 0.3 is 0 Å². The molecule has 2 N–H and O–H groups in total. The van der Waals surface area contributed by atoms with Gasteiger partial charge in [0.15, 0.2) is 0 Å². The zero-order valence-corrected chi connectivity index (χ0v) is 9.15. The Balaban J connectivity index is 2.74. The quantitative estimate of drug-likeness (QED) is 0.808. The van der Waals surface area contributed by atoms with Crippen LogP contribution in [0, 0.1) is 6.92 Å². The number of hydrogen-bond acceptors (Lipinski definition) is 3. The minimum atomic E-state index is -3.58. The minimum Gasteiger partial charge on any atom is -0.225 e. The van der Waals surface area contributed by atoms with Gasteiger partial charge in [0.05, 0.1) is 4.90 Å². The molecule has 0 saturated carbocycles. The van der Waals surface area contributed by atoms with Crippen molar-refractivity contribution in [2.24, 2.45) is 5.14 Å². The Morgan fingerprint density at radius 2 is 2.00 bits per heavy atom. The number of primary sulfonamides is 1. The summed E-state index contributed by atoms with van der Waals surface area (Å²) in [5, 5.41) is 5.96. The zero-order chi connectivity index (χ0) is 10.3. The normalized spacial score (nSPS) is 12.1. The molecule has 0 aliphatic carbocycles. The van der Waals surface area contributed by atoms with E-state index in [9.17, 15) is 8.42 Å². The van der Waals surface area contributed by atoms with Crippen LogP contribution >= 0.6 is 11.3 Å². The van der Waals surface area contributed by atoms with Crippen molar-refractivity contribution in [2.45, 2.75) is 11.8 Å². The lowest BCUT2D eigenvalue weighted by Crippen LogP contribution is -2.11. The van der Waals surface area contributed by atoms with Gasteiger partial charge in [0, 0.05) is 9.58 Å². The van der Waals surface area contributed by atoms with E-state index in [1.165, 1.54) is 6.07 Å². The molecule has 1 heterocycles. The molecule has 1 aromatic heterocycles. The van der Waals surface area contributed by atoms with Crippen LogP contribution in [0.2, 0.25) is 0 Å². The number of sulfonamides is 1. The molecule has 0 unspecified atom stereocenters. The van der Waals surface area contributed by atoms with Crippen LogP contribution < -0.4 is 5.14 Å². The van der Waals surface area contributed by atoms with Gasteiger partial charge in [-0.3, -0.25) is 0 Å². The Kier molecular flexibility index (Phi) is 2.10. The average molecular weight is 227 g/mol. The van der Waals surface area contributed by atoms with Gasteiger partial charge < -0.3 is 0 Å². The standard InChI is InChI=1S/C9H9NO2S2/c1-6-4-7-5-8(14(10,11)12)2-3-9(7)13-6/h2-5H,1H3,(H2,10,11,12). The molecule has 5 heteroatoms. The maximum atomic E-state index is 11.1. The van der Waals surface area contributed by atoms with Crippen LogP contribution in [0.5, 0.6) is 0 Å². The molecule has 74 valence electrons. The van der Waals surface area contributed by atoms with Gasteiger partial charge in [-0.15, -0.1) is 11.3 Å². The number of rotatable bonds is 1. The van der Waals surface area contributed by atoms with Crippen molar-refractivity contribution in [2.75, 3.05) is 0 Å². The molecule has 3 nitrogen and oxygen atoms in total. The number of thiophene rings is 1. The highest BCUT2D eigenvalue weighted by molar-refractivity contribution is 7.89. The zero-order valence-electron chi connectivity index (χ0n) is 7.52. The van der Waals surface area contributed by atoms with Gasteiger partial charge in [0.25, 0.3) is 0 Å². The van der Waals surface area contributed by atoms with E-state index in [4.69, 9.17) is 5.14 Å². The third kappa shape index (κ3) is 1.66. The maximum absolute atomic E-state index is 11.1. The monoisotopic (exact) mass is 227 g/mol. The number of benzene rings is 1. The van der Waals surface area contributed by atoms with Crippen molar-refractivity contribution >= 4 is 31.4 Å². The van der Waals surface area contributed by atoms with Crippen LogP contribution in [-0.2, 0) is 10.0 Å². The Hall–Kier alpha value is -0.910. The fraction of sp³-hybridized carbons (Fsp3) is 0.111. The topological polar surface area (TPSA) is 60.2 Å². The Morgan fingerprint density at radius 3 is 2.64 bits per heavy atom. The second-order valence-corrected chi connectivity index (χ2v) is 5.95. The van der Waals surface area contributed by atoms with Gasteiger partial charge in [0.1, 0.15) is 0 Å². The molecule has 0 radical (unpaired) electrons. The summed E-state index contributed by atoms with van der Waals surface area (Å²) in [6, 6.07) is 6.88. The fourth-order valence-corrected chi connectivity index (χ4v) is 2.78. The van der Waals surface area contributed by atoms with Crippen LogP contribution in [0.25, 0.3) is 10.1 Å². The summed E-state index contributed by atoms with van der Waals surface area (Å²) < 4.78 is 23.2. The summed E-state index contributed by atoms with van der Waals surface area (Å²) >= 11 is 1.64. The first kappa shape index (κ1) is 9.64. The van der Waals surface area contributed by atoms with Gasteiger partial charge in [-0.05, 0) is 36.6 Å². The number of fused-ring (bicyclic) bond motifs is 1. The fourth-order valence-electron chi connectivity index (χ4n) is 1.33. The summed E-state index contributed by atoms with van der Waals surface area (Å²) in [5.41, 5.74) is 0. The Morgan fingerprint density at radius 1 is 1.29 bits per heavy atom. The Bertz CT molecular complexity index is 584. The molecule has 0 fully saturated rings. The van der Waals surface area contributed by atoms with Crippen molar-refractivity contribution in [1.29, 1.82) is 0 Å². The molecule has 14 heavy (non-hydrogen) atoms. The van der Waals surface area contributed by atoms with Crippen molar-refractivity contribution in [3.8, 4) is 0 Å². The van der Waals surface area contributed by atoms with Gasteiger partial charge in [0.2, 0.25) is 10.0 Å². The SMILES string of the molecule is Cc1cc2cc(S(N)(=O)=O)ccc2s1. The largest absolute Gasteiger partial charge is 0.238 e. The van der Waals surface area contributed by atoms with E-state index in [0.29, 0.717) is 0 Å². The number of nitrogens with two attached hydrogens (primary N) is 1. The number of aryl methyl sites for hydroxylation is 1. The van der Waals surface area contributed by atoms with Gasteiger partial charge in [-0.1, -0.05) is 0 Å². The second kappa shape index (κ2) is 3.05. The van der Waals surface area contributed by atoms with Crippen molar-refractivity contribution < 1.29 is 8.42 Å². The second-order valence-electron chi connectivity index (χ2n) is 3.10. The summed E-state index contributed by atoms with van der Waals surface area (Å²) in [7, 11) is -3.58. The van der Waals surface area contributed by atoms with E-state index in [2.05, 4.69) is 0 Å². The molecule has 2 aromatic rings. The van der Waals surface area contributed by atoms with E-state index < -0.39 is 10.0 Å². The summed E-state index contributed by atoms with van der Waals surface area (Å²) in [6.45, 7) is 1.99. The molecule has 0 saturated heterocycles. The molecule has 0 amide bonds. The van der Waals surface area contributed by atoms with Crippen molar-refractivity contribution in [3.63, 3.8) is 0 Å². The average Bonchev–Trinajstić information content (AvgIpc) is 2.41. The highest BCUT2D eigenvalue weighted by atomic mass is 32.2.